The van der Waals surface area contributed by atoms with E-state index in [1.165, 1.54) is 0 Å². The maximum atomic E-state index is 12.2. The number of hydrogen-bond donors (Lipinski definition) is 2. The molecule has 2 N–H and O–H groups in total. The summed E-state index contributed by atoms with van der Waals surface area (Å²) in [6.45, 7) is 2.71. The Hall–Kier alpha value is -1.14. The molecule has 6 heteroatoms. The first-order valence-corrected chi connectivity index (χ1v) is 6.99. The van der Waals surface area contributed by atoms with E-state index in [9.17, 15) is 13.6 Å². The van der Waals surface area contributed by atoms with Crippen LogP contribution in [0.15, 0.2) is 29.2 Å². The highest BCUT2D eigenvalue weighted by atomic mass is 32.2. The van der Waals surface area contributed by atoms with Crippen molar-refractivity contribution in [3.63, 3.8) is 0 Å². The normalized spacial score (nSPS) is 22.7. The zero-order valence-corrected chi connectivity index (χ0v) is 11.4. The molecule has 0 aromatic heterocycles. The molecule has 1 fully saturated rings. The largest absolute Gasteiger partial charge is 0.324 e. The third-order valence-electron chi connectivity index (χ3n) is 3.21. The fourth-order valence-corrected chi connectivity index (χ4v) is 2.58. The van der Waals surface area contributed by atoms with Gasteiger partial charge in [-0.3, -0.25) is 4.79 Å². The van der Waals surface area contributed by atoms with Crippen LogP contribution >= 0.6 is 11.8 Å². The Balaban J connectivity index is 1.97. The second-order valence-corrected chi connectivity index (χ2v) is 5.78. The van der Waals surface area contributed by atoms with E-state index < -0.39 is 11.3 Å². The second-order valence-electron chi connectivity index (χ2n) is 4.72. The number of nitrogens with one attached hydrogen (secondary N) is 2. The standard InChI is InChI=1S/C13H16F2N2OS/c1-13(7-2-8-16-13)11(18)17-9-3-5-10(6-4-9)19-12(14)15/h3-6,12,16H,2,7-8H2,1H3,(H,17,18). The topological polar surface area (TPSA) is 41.1 Å². The van der Waals surface area contributed by atoms with Gasteiger partial charge in [0.2, 0.25) is 5.91 Å². The third kappa shape index (κ3) is 3.67. The van der Waals surface area contributed by atoms with Crippen LogP contribution < -0.4 is 10.6 Å². The summed E-state index contributed by atoms with van der Waals surface area (Å²) in [4.78, 5) is 12.6. The molecular formula is C13H16F2N2OS. The quantitative estimate of drug-likeness (QED) is 0.836. The summed E-state index contributed by atoms with van der Waals surface area (Å²) >= 11 is 0.492. The van der Waals surface area contributed by atoms with Crippen molar-refractivity contribution in [1.82, 2.24) is 5.32 Å². The second kappa shape index (κ2) is 5.88. The van der Waals surface area contributed by atoms with E-state index in [4.69, 9.17) is 0 Å². The SMILES string of the molecule is CC1(C(=O)Nc2ccc(SC(F)F)cc2)CCCN1. The van der Waals surface area contributed by atoms with Crippen LogP contribution in [0.3, 0.4) is 0 Å². The smallest absolute Gasteiger partial charge is 0.288 e. The summed E-state index contributed by atoms with van der Waals surface area (Å²) < 4.78 is 24.3. The van der Waals surface area contributed by atoms with Gasteiger partial charge in [-0.2, -0.15) is 8.78 Å². The van der Waals surface area contributed by atoms with Crippen molar-refractivity contribution in [2.45, 2.75) is 36.0 Å². The molecule has 1 heterocycles. The lowest BCUT2D eigenvalue weighted by Gasteiger charge is -2.23. The fourth-order valence-electron chi connectivity index (χ4n) is 2.08. The molecule has 1 saturated heterocycles. The van der Waals surface area contributed by atoms with Crippen molar-refractivity contribution in [2.24, 2.45) is 0 Å². The molecule has 0 saturated carbocycles. The summed E-state index contributed by atoms with van der Waals surface area (Å²) in [5.74, 6) is -2.51. The molecule has 1 aliphatic rings. The molecule has 1 amide bonds. The molecule has 1 atom stereocenters. The summed E-state index contributed by atoms with van der Waals surface area (Å²) in [6, 6.07) is 6.44. The van der Waals surface area contributed by atoms with Gasteiger partial charge in [-0.25, -0.2) is 0 Å². The first-order valence-electron chi connectivity index (χ1n) is 6.11. The van der Waals surface area contributed by atoms with E-state index in [0.717, 1.165) is 19.4 Å². The summed E-state index contributed by atoms with van der Waals surface area (Å²) in [5, 5.41) is 5.98. The van der Waals surface area contributed by atoms with E-state index in [-0.39, 0.29) is 5.91 Å². The minimum atomic E-state index is -2.43. The average molecular weight is 286 g/mol. The molecule has 1 aromatic rings. The molecule has 1 unspecified atom stereocenters. The molecule has 0 aliphatic carbocycles. The van der Waals surface area contributed by atoms with E-state index in [0.29, 0.717) is 22.3 Å². The number of halogens is 2. The number of alkyl halides is 2. The molecule has 0 spiro atoms. The monoisotopic (exact) mass is 286 g/mol. The third-order valence-corrected chi connectivity index (χ3v) is 3.93. The highest BCUT2D eigenvalue weighted by Gasteiger charge is 2.35. The highest BCUT2D eigenvalue weighted by molar-refractivity contribution is 7.99. The van der Waals surface area contributed by atoms with Gasteiger partial charge in [0.15, 0.2) is 0 Å². The average Bonchev–Trinajstić information content (AvgIpc) is 2.79. The van der Waals surface area contributed by atoms with Gasteiger partial charge in [0.05, 0.1) is 5.54 Å². The summed E-state index contributed by atoms with van der Waals surface area (Å²) in [7, 11) is 0. The van der Waals surface area contributed by atoms with Crippen LogP contribution in [-0.4, -0.2) is 23.7 Å². The van der Waals surface area contributed by atoms with Crippen LogP contribution in [0.2, 0.25) is 0 Å². The van der Waals surface area contributed by atoms with Crippen molar-refractivity contribution < 1.29 is 13.6 Å². The van der Waals surface area contributed by atoms with Crippen molar-refractivity contribution >= 4 is 23.4 Å². The number of carbonyl (C=O) groups excluding carboxylic acids is 1. The van der Waals surface area contributed by atoms with E-state index in [1.54, 1.807) is 24.3 Å². The zero-order valence-electron chi connectivity index (χ0n) is 10.6. The first-order chi connectivity index (χ1) is 8.99. The molecule has 3 nitrogen and oxygen atoms in total. The van der Waals surface area contributed by atoms with E-state index in [1.807, 2.05) is 6.92 Å². The molecule has 2 rings (SSSR count). The lowest BCUT2D eigenvalue weighted by molar-refractivity contribution is -0.121. The van der Waals surface area contributed by atoms with Crippen LogP contribution in [0, 0.1) is 0 Å². The van der Waals surface area contributed by atoms with Crippen molar-refractivity contribution in [3.05, 3.63) is 24.3 Å². The lowest BCUT2D eigenvalue weighted by atomic mass is 9.99. The van der Waals surface area contributed by atoms with E-state index in [2.05, 4.69) is 10.6 Å². The Morgan fingerprint density at radius 2 is 2.11 bits per heavy atom. The van der Waals surface area contributed by atoms with E-state index >= 15 is 0 Å². The van der Waals surface area contributed by atoms with Crippen LogP contribution in [0.25, 0.3) is 0 Å². The van der Waals surface area contributed by atoms with Gasteiger partial charge in [-0.1, -0.05) is 11.8 Å². The van der Waals surface area contributed by atoms with Crippen LogP contribution in [0.1, 0.15) is 19.8 Å². The molecule has 19 heavy (non-hydrogen) atoms. The Morgan fingerprint density at radius 3 is 2.63 bits per heavy atom. The lowest BCUT2D eigenvalue weighted by Crippen LogP contribution is -2.47. The molecular weight excluding hydrogens is 270 g/mol. The van der Waals surface area contributed by atoms with Crippen molar-refractivity contribution in [3.8, 4) is 0 Å². The number of benzene rings is 1. The van der Waals surface area contributed by atoms with Crippen LogP contribution in [0.5, 0.6) is 0 Å². The van der Waals surface area contributed by atoms with Gasteiger partial charge >= 0.3 is 0 Å². The number of rotatable bonds is 4. The van der Waals surface area contributed by atoms with Gasteiger partial charge < -0.3 is 10.6 Å². The number of carbonyl (C=O) groups is 1. The molecule has 104 valence electrons. The minimum Gasteiger partial charge on any atom is -0.324 e. The van der Waals surface area contributed by atoms with Gasteiger partial charge in [0, 0.05) is 10.6 Å². The number of hydrogen-bond acceptors (Lipinski definition) is 3. The van der Waals surface area contributed by atoms with Crippen molar-refractivity contribution in [2.75, 3.05) is 11.9 Å². The fraction of sp³-hybridized carbons (Fsp3) is 0.462. The van der Waals surface area contributed by atoms with Crippen molar-refractivity contribution in [1.29, 1.82) is 0 Å². The summed E-state index contributed by atoms with van der Waals surface area (Å²) in [5.41, 5.74) is 0.0923. The number of amides is 1. The predicted molar refractivity (Wildman–Crippen MR) is 72.6 cm³/mol. The van der Waals surface area contributed by atoms with Gasteiger partial charge in [-0.15, -0.1) is 0 Å². The Kier molecular flexibility index (Phi) is 4.42. The Morgan fingerprint density at radius 1 is 1.42 bits per heavy atom. The van der Waals surface area contributed by atoms with Gasteiger partial charge in [0.25, 0.3) is 5.76 Å². The summed E-state index contributed by atoms with van der Waals surface area (Å²) in [6.07, 6.45) is 1.78. The number of anilines is 1. The van der Waals surface area contributed by atoms with Gasteiger partial charge in [-0.05, 0) is 50.6 Å². The van der Waals surface area contributed by atoms with Crippen LogP contribution in [0.4, 0.5) is 14.5 Å². The molecule has 0 radical (unpaired) electrons. The zero-order chi connectivity index (χ0) is 13.9. The first kappa shape index (κ1) is 14.3. The Bertz CT molecular complexity index is 444. The molecule has 1 aliphatic heterocycles. The highest BCUT2D eigenvalue weighted by Crippen LogP contribution is 2.27. The predicted octanol–water partition coefficient (Wildman–Crippen LogP) is 3.08. The van der Waals surface area contributed by atoms with Gasteiger partial charge in [0.1, 0.15) is 0 Å². The molecule has 0 bridgehead atoms. The maximum Gasteiger partial charge on any atom is 0.288 e. The molecule has 1 aromatic carbocycles. The van der Waals surface area contributed by atoms with Crippen LogP contribution in [-0.2, 0) is 4.79 Å². The Labute approximate surface area is 115 Å². The minimum absolute atomic E-state index is 0.0840. The number of thioether (sulfide) groups is 1. The maximum absolute atomic E-state index is 12.2.